The van der Waals surface area contributed by atoms with Crippen LogP contribution in [0.4, 0.5) is 0 Å². The van der Waals surface area contributed by atoms with E-state index in [1.165, 1.54) is 11.1 Å². The summed E-state index contributed by atoms with van der Waals surface area (Å²) in [5.41, 5.74) is 4.65. The zero-order valence-corrected chi connectivity index (χ0v) is 30.0. The lowest BCUT2D eigenvalue weighted by atomic mass is 9.58. The van der Waals surface area contributed by atoms with Gasteiger partial charge < -0.3 is 23.1 Å². The molecule has 0 N–H and O–H groups in total. The van der Waals surface area contributed by atoms with Crippen molar-refractivity contribution in [1.82, 2.24) is 0 Å². The highest BCUT2D eigenvalue weighted by molar-refractivity contribution is 6.74. The Morgan fingerprint density at radius 1 is 0.875 bits per heavy atom. The summed E-state index contributed by atoms with van der Waals surface area (Å²) in [6.07, 6.45) is 0.251. The van der Waals surface area contributed by atoms with Crippen LogP contribution in [0.5, 0.6) is 5.75 Å². The summed E-state index contributed by atoms with van der Waals surface area (Å²) >= 11 is 0. The minimum Gasteiger partial charge on any atom is -0.496 e. The molecular formula is C33H58O5Si2. The van der Waals surface area contributed by atoms with Crippen molar-refractivity contribution in [2.24, 2.45) is 11.3 Å². The van der Waals surface area contributed by atoms with Gasteiger partial charge in [-0.25, -0.2) is 0 Å². The Hall–Kier alpha value is -0.966. The molecule has 0 saturated carbocycles. The van der Waals surface area contributed by atoms with Crippen molar-refractivity contribution in [3.63, 3.8) is 0 Å². The van der Waals surface area contributed by atoms with E-state index in [1.807, 2.05) is 7.11 Å². The second-order valence-electron chi connectivity index (χ2n) is 14.1. The molecule has 2 aliphatic rings. The van der Waals surface area contributed by atoms with Crippen molar-refractivity contribution >= 4 is 16.6 Å². The number of methoxy groups -OCH3 is 3. The van der Waals surface area contributed by atoms with Crippen LogP contribution >= 0.6 is 0 Å². The average Bonchev–Trinajstić information content (AvgIpc) is 2.90. The van der Waals surface area contributed by atoms with Gasteiger partial charge in [0.2, 0.25) is 0 Å². The molecule has 5 atom stereocenters. The zero-order chi connectivity index (χ0) is 30.3. The first-order valence-electron chi connectivity index (χ1n) is 15.4. The minimum absolute atomic E-state index is 0.00683. The smallest absolute Gasteiger partial charge is 0.192 e. The molecule has 0 aliphatic heterocycles. The maximum atomic E-state index is 7.59. The summed E-state index contributed by atoms with van der Waals surface area (Å²) in [5.74, 6) is 1.06. The van der Waals surface area contributed by atoms with Crippen molar-refractivity contribution in [3.05, 3.63) is 40.5 Å². The molecule has 0 spiro atoms. The highest BCUT2D eigenvalue weighted by Crippen LogP contribution is 2.59. The van der Waals surface area contributed by atoms with Gasteiger partial charge >= 0.3 is 0 Å². The number of benzene rings is 1. The molecule has 1 aromatic carbocycles. The first-order chi connectivity index (χ1) is 18.6. The van der Waals surface area contributed by atoms with Crippen LogP contribution in [0.2, 0.25) is 36.3 Å². The standard InChI is InChI=1S/C33H58O5Si2/c1-15-40(16-2,17-3)38-30-24-21-26(37-39(13,14)32(5,6)7)22(4)28(33(24,8)9)31(36-12)29(35-11)23-19-18-20-25(34-10)27(23)30/h18-20,24,26,29-31H,15-17,21H2,1-14H3/t24-,26-,29+,30-,31+/m0/s1. The molecule has 0 fully saturated rings. The first-order valence-corrected chi connectivity index (χ1v) is 20.8. The van der Waals surface area contributed by atoms with E-state index in [0.29, 0.717) is 0 Å². The number of hydrogen-bond donors (Lipinski definition) is 0. The summed E-state index contributed by atoms with van der Waals surface area (Å²) in [6.45, 7) is 25.7. The van der Waals surface area contributed by atoms with E-state index in [4.69, 9.17) is 23.1 Å². The highest BCUT2D eigenvalue weighted by atomic mass is 28.4. The summed E-state index contributed by atoms with van der Waals surface area (Å²) < 4.78 is 33.7. The van der Waals surface area contributed by atoms with Gasteiger partial charge in [0, 0.05) is 19.8 Å². The van der Waals surface area contributed by atoms with Gasteiger partial charge in [0.05, 0.1) is 19.3 Å². The van der Waals surface area contributed by atoms with Gasteiger partial charge in [-0.3, -0.25) is 0 Å². The Bertz CT molecular complexity index is 1050. The van der Waals surface area contributed by atoms with Crippen LogP contribution in [0.1, 0.15) is 92.1 Å². The van der Waals surface area contributed by atoms with Gasteiger partial charge in [-0.1, -0.05) is 67.5 Å². The van der Waals surface area contributed by atoms with Gasteiger partial charge in [0.15, 0.2) is 16.6 Å². The quantitative estimate of drug-likeness (QED) is 0.201. The highest BCUT2D eigenvalue weighted by Gasteiger charge is 2.55. The molecule has 0 heterocycles. The second-order valence-corrected chi connectivity index (χ2v) is 23.6. The van der Waals surface area contributed by atoms with Crippen molar-refractivity contribution in [3.8, 4) is 5.75 Å². The molecule has 1 aromatic rings. The molecule has 2 aliphatic carbocycles. The maximum absolute atomic E-state index is 7.59. The van der Waals surface area contributed by atoms with Gasteiger partial charge in [-0.15, -0.1) is 0 Å². The fourth-order valence-corrected chi connectivity index (χ4v) is 11.2. The lowest BCUT2D eigenvalue weighted by molar-refractivity contribution is -0.0604. The predicted octanol–water partition coefficient (Wildman–Crippen LogP) is 9.23. The Labute approximate surface area is 247 Å². The van der Waals surface area contributed by atoms with Crippen LogP contribution in [0.25, 0.3) is 0 Å². The largest absolute Gasteiger partial charge is 0.496 e. The molecular weight excluding hydrogens is 533 g/mol. The van der Waals surface area contributed by atoms with E-state index in [-0.39, 0.29) is 40.8 Å². The third-order valence-corrected chi connectivity index (χ3v) is 20.0. The van der Waals surface area contributed by atoms with E-state index < -0.39 is 16.6 Å². The Morgan fingerprint density at radius 3 is 1.93 bits per heavy atom. The van der Waals surface area contributed by atoms with Crippen LogP contribution < -0.4 is 4.74 Å². The van der Waals surface area contributed by atoms with Crippen molar-refractivity contribution in [2.45, 2.75) is 129 Å². The predicted molar refractivity (Wildman–Crippen MR) is 171 cm³/mol. The van der Waals surface area contributed by atoms with E-state index in [2.05, 4.69) is 93.6 Å². The lowest BCUT2D eigenvalue weighted by Gasteiger charge is -2.55. The van der Waals surface area contributed by atoms with E-state index in [9.17, 15) is 0 Å². The van der Waals surface area contributed by atoms with Crippen molar-refractivity contribution in [2.75, 3.05) is 21.3 Å². The molecule has 3 rings (SSSR count). The average molecular weight is 591 g/mol. The summed E-state index contributed by atoms with van der Waals surface area (Å²) in [6, 6.07) is 9.62. The Balaban J connectivity index is 2.40. The molecule has 0 aromatic heterocycles. The van der Waals surface area contributed by atoms with Crippen molar-refractivity contribution in [1.29, 1.82) is 0 Å². The lowest BCUT2D eigenvalue weighted by Crippen LogP contribution is -2.52. The molecule has 0 amide bonds. The van der Waals surface area contributed by atoms with Crippen LogP contribution in [0, 0.1) is 11.3 Å². The monoisotopic (exact) mass is 590 g/mol. The number of fused-ring (bicyclic) bond motifs is 3. The van der Waals surface area contributed by atoms with Gasteiger partial charge in [-0.2, -0.15) is 0 Å². The number of hydrogen-bond acceptors (Lipinski definition) is 5. The molecule has 228 valence electrons. The van der Waals surface area contributed by atoms with Gasteiger partial charge in [0.25, 0.3) is 0 Å². The number of rotatable bonds is 10. The molecule has 0 radical (unpaired) electrons. The number of ether oxygens (including phenoxy) is 3. The molecule has 0 saturated heterocycles. The second kappa shape index (κ2) is 12.3. The summed E-state index contributed by atoms with van der Waals surface area (Å²) in [5, 5.41) is 0.114. The Kier molecular flexibility index (Phi) is 10.3. The topological polar surface area (TPSA) is 46.2 Å². The van der Waals surface area contributed by atoms with E-state index in [1.54, 1.807) is 14.2 Å². The van der Waals surface area contributed by atoms with Crippen LogP contribution in [0.15, 0.2) is 29.3 Å². The van der Waals surface area contributed by atoms with Crippen LogP contribution in [-0.2, 0) is 18.3 Å². The van der Waals surface area contributed by atoms with Gasteiger partial charge in [0.1, 0.15) is 18.0 Å². The normalized spacial score (nSPS) is 27.2. The third-order valence-electron chi connectivity index (χ3n) is 10.9. The fourth-order valence-electron chi connectivity index (χ4n) is 7.06. The third kappa shape index (κ3) is 5.80. The fraction of sp³-hybridized carbons (Fsp3) is 0.758. The summed E-state index contributed by atoms with van der Waals surface area (Å²) in [7, 11) is 1.32. The Morgan fingerprint density at radius 2 is 1.45 bits per heavy atom. The van der Waals surface area contributed by atoms with Gasteiger partial charge in [-0.05, 0) is 83.7 Å². The van der Waals surface area contributed by atoms with Crippen molar-refractivity contribution < 1.29 is 23.1 Å². The zero-order valence-electron chi connectivity index (χ0n) is 28.0. The molecule has 2 bridgehead atoms. The van der Waals surface area contributed by atoms with E-state index in [0.717, 1.165) is 41.4 Å². The molecule has 5 nitrogen and oxygen atoms in total. The van der Waals surface area contributed by atoms with Crippen LogP contribution in [-0.4, -0.2) is 50.2 Å². The molecule has 7 heteroatoms. The molecule has 0 unspecified atom stereocenters. The SMILES string of the molecule is CC[Si](CC)(CC)O[C@@H]1c2c(OC)cccc2[C@@H](OC)[C@H](OC)C2=C(C)[C@@H](O[Si](C)(C)C(C)(C)C)C[C@@H]1C2(C)C. The van der Waals surface area contributed by atoms with Crippen LogP contribution in [0.3, 0.4) is 0 Å². The molecule has 40 heavy (non-hydrogen) atoms. The maximum Gasteiger partial charge on any atom is 0.192 e. The minimum atomic E-state index is -2.06. The van der Waals surface area contributed by atoms with E-state index >= 15 is 0 Å². The summed E-state index contributed by atoms with van der Waals surface area (Å²) in [4.78, 5) is 0. The first kappa shape index (κ1) is 33.5.